The van der Waals surface area contributed by atoms with Gasteiger partial charge in [0, 0.05) is 11.8 Å². The molecule has 4 aromatic rings. The third-order valence-electron chi connectivity index (χ3n) is 7.73. The maximum atomic E-state index is 13.7. The van der Waals surface area contributed by atoms with Crippen LogP contribution in [0.5, 0.6) is 11.8 Å². The first-order valence-corrected chi connectivity index (χ1v) is 17.5. The molecule has 0 amide bonds. The molecular weight excluding hydrogens is 754 g/mol. The van der Waals surface area contributed by atoms with Gasteiger partial charge in [0.1, 0.15) is 16.4 Å². The second-order valence-corrected chi connectivity index (χ2v) is 14.2. The second-order valence-electron chi connectivity index (χ2n) is 10.8. The third kappa shape index (κ3) is 9.68. The predicted octanol–water partition coefficient (Wildman–Crippen LogP) is 6.20. The standard InChI is InChI=1S/C30H31F3N6O10S2.2H3N/c1-6-15(2)18(27(41)42)14-23-35-28(37-29(36-23)47-3)34-21-13-17(50(43,44)48-4)11-16-12-22(51(45,46)49-5)25(26(40)24(16)21)39-38-20-10-8-7-9-19(20)30(31,32)33;;/h7-13,15,18,40H,6,14H2,1-5H3,(H,41,42)(H,34,35,36,37);2*1H3. The molecule has 1 heterocycles. The third-order valence-corrected chi connectivity index (χ3v) is 10.3. The normalized spacial score (nSPS) is 13.2. The van der Waals surface area contributed by atoms with Gasteiger partial charge in [-0.25, -0.2) is 0 Å². The van der Waals surface area contributed by atoms with Gasteiger partial charge in [0.15, 0.2) is 5.75 Å². The molecule has 0 spiro atoms. The van der Waals surface area contributed by atoms with E-state index < -0.39 is 70.8 Å². The first-order valence-electron chi connectivity index (χ1n) is 14.7. The zero-order valence-electron chi connectivity index (χ0n) is 28.9. The molecule has 0 aliphatic carbocycles. The van der Waals surface area contributed by atoms with Crippen LogP contribution in [0.25, 0.3) is 10.8 Å². The van der Waals surface area contributed by atoms with Crippen molar-refractivity contribution in [2.45, 2.75) is 42.7 Å². The van der Waals surface area contributed by atoms with Crippen molar-refractivity contribution in [2.24, 2.45) is 22.1 Å². The van der Waals surface area contributed by atoms with E-state index in [1.165, 1.54) is 13.2 Å². The zero-order chi connectivity index (χ0) is 37.9. The van der Waals surface area contributed by atoms with E-state index in [0.29, 0.717) is 6.42 Å². The lowest BCUT2D eigenvalue weighted by molar-refractivity contribution is -0.143. The molecule has 23 heteroatoms. The predicted molar refractivity (Wildman–Crippen MR) is 184 cm³/mol. The molecule has 0 aliphatic heterocycles. The first kappa shape index (κ1) is 44.1. The molecule has 2 atom stereocenters. The smallest absolute Gasteiger partial charge is 0.418 e. The van der Waals surface area contributed by atoms with Gasteiger partial charge >= 0.3 is 18.2 Å². The Bertz CT molecular complexity index is 2220. The zero-order valence-corrected chi connectivity index (χ0v) is 30.5. The summed E-state index contributed by atoms with van der Waals surface area (Å²) < 4.78 is 107. The van der Waals surface area contributed by atoms with Gasteiger partial charge in [-0.3, -0.25) is 13.2 Å². The number of carbonyl (C=O) groups is 1. The topological polar surface area (TPSA) is 299 Å². The summed E-state index contributed by atoms with van der Waals surface area (Å²) in [6.45, 7) is 3.55. The number of nitrogens with one attached hydrogen (secondary N) is 1. The highest BCUT2D eigenvalue weighted by Crippen LogP contribution is 2.47. The van der Waals surface area contributed by atoms with E-state index >= 15 is 0 Å². The molecule has 3 aromatic carbocycles. The number of phenolic OH excluding ortho intramolecular Hbond substituents is 1. The number of alkyl halides is 3. The molecule has 0 radical (unpaired) electrons. The fourth-order valence-electron chi connectivity index (χ4n) is 4.85. The lowest BCUT2D eigenvalue weighted by Gasteiger charge is -2.18. The van der Waals surface area contributed by atoms with E-state index in [-0.39, 0.29) is 58.9 Å². The van der Waals surface area contributed by atoms with E-state index in [1.54, 1.807) is 6.92 Å². The van der Waals surface area contributed by atoms with Crippen molar-refractivity contribution in [3.05, 3.63) is 53.9 Å². The highest BCUT2D eigenvalue weighted by atomic mass is 32.2. The van der Waals surface area contributed by atoms with E-state index in [1.807, 2.05) is 6.92 Å². The van der Waals surface area contributed by atoms with E-state index in [9.17, 15) is 45.0 Å². The summed E-state index contributed by atoms with van der Waals surface area (Å²) in [4.78, 5) is 23.0. The van der Waals surface area contributed by atoms with Crippen LogP contribution >= 0.6 is 0 Å². The molecule has 1 aromatic heterocycles. The number of aliphatic carboxylic acids is 1. The fraction of sp³-hybridized carbons (Fsp3) is 0.333. The Kier molecular flexibility index (Phi) is 14.3. The Balaban J connectivity index is 0.00000486. The van der Waals surface area contributed by atoms with Crippen LogP contribution in [0.1, 0.15) is 31.7 Å². The number of hydrogen-bond acceptors (Lipinski definition) is 17. The number of carboxylic acids is 1. The monoisotopic (exact) mass is 790 g/mol. The summed E-state index contributed by atoms with van der Waals surface area (Å²) in [7, 11) is -6.42. The lowest BCUT2D eigenvalue weighted by atomic mass is 9.89. The maximum absolute atomic E-state index is 13.7. The van der Waals surface area contributed by atoms with Crippen LogP contribution in [0.15, 0.2) is 62.5 Å². The second kappa shape index (κ2) is 17.2. The largest absolute Gasteiger partial charge is 0.505 e. The Morgan fingerprint density at radius 3 is 2.17 bits per heavy atom. The van der Waals surface area contributed by atoms with Gasteiger partial charge in [-0.2, -0.15) is 45.0 Å². The average Bonchev–Trinajstić information content (AvgIpc) is 3.08. The van der Waals surface area contributed by atoms with Gasteiger partial charge in [-0.05, 0) is 41.6 Å². The SMILES string of the molecule is CCC(C)C(Cc1nc(Nc2cc(S(=O)(=O)OC)cc3cc(S(=O)(=O)OC)c(N=Nc4ccccc4C(F)(F)F)c(O)c23)nc(OC)n1)C(=O)O.N.N. The van der Waals surface area contributed by atoms with Crippen molar-refractivity contribution in [1.82, 2.24) is 27.3 Å². The Morgan fingerprint density at radius 2 is 1.60 bits per heavy atom. The van der Waals surface area contributed by atoms with Crippen LogP contribution in [-0.2, 0) is 46.0 Å². The van der Waals surface area contributed by atoms with Crippen LogP contribution in [0.4, 0.5) is 36.2 Å². The van der Waals surface area contributed by atoms with Gasteiger partial charge in [0.25, 0.3) is 20.2 Å². The molecule has 0 saturated heterocycles. The molecule has 9 N–H and O–H groups in total. The summed E-state index contributed by atoms with van der Waals surface area (Å²) in [5, 5.41) is 30.8. The minimum absolute atomic E-state index is 0. The Morgan fingerprint density at radius 1 is 0.962 bits per heavy atom. The minimum Gasteiger partial charge on any atom is -0.505 e. The van der Waals surface area contributed by atoms with Crippen LogP contribution in [-0.4, -0.2) is 69.3 Å². The van der Waals surface area contributed by atoms with E-state index in [0.717, 1.165) is 50.6 Å². The Hall–Kier alpha value is -5.07. The summed E-state index contributed by atoms with van der Waals surface area (Å²) in [6.07, 6.45) is -4.50. The van der Waals surface area contributed by atoms with Crippen molar-refractivity contribution >= 4 is 60.0 Å². The van der Waals surface area contributed by atoms with E-state index in [2.05, 4.69) is 38.9 Å². The number of phenols is 1. The van der Waals surface area contributed by atoms with Crippen LogP contribution < -0.4 is 22.4 Å². The lowest BCUT2D eigenvalue weighted by Crippen LogP contribution is -2.25. The van der Waals surface area contributed by atoms with Crippen molar-refractivity contribution in [1.29, 1.82) is 0 Å². The number of fused-ring (bicyclic) bond motifs is 1. The summed E-state index contributed by atoms with van der Waals surface area (Å²) in [6, 6.07) is 6.54. The van der Waals surface area contributed by atoms with Crippen molar-refractivity contribution < 1.29 is 58.1 Å². The quantitative estimate of drug-likeness (QED) is 0.0701. The molecule has 2 unspecified atom stereocenters. The van der Waals surface area contributed by atoms with Crippen molar-refractivity contribution in [2.75, 3.05) is 26.6 Å². The molecule has 0 bridgehead atoms. The van der Waals surface area contributed by atoms with Crippen LogP contribution in [0, 0.1) is 11.8 Å². The average molecular weight is 791 g/mol. The summed E-state index contributed by atoms with van der Waals surface area (Å²) >= 11 is 0. The number of carboxylic acid groups (broad SMARTS) is 1. The number of hydrogen-bond donors (Lipinski definition) is 5. The molecule has 290 valence electrons. The molecule has 18 nitrogen and oxygen atoms in total. The first-order chi connectivity index (χ1) is 23.9. The number of ether oxygens (including phenoxy) is 1. The maximum Gasteiger partial charge on any atom is 0.418 e. The van der Waals surface area contributed by atoms with Gasteiger partial charge in [0.05, 0.1) is 49.1 Å². The molecule has 53 heavy (non-hydrogen) atoms. The van der Waals surface area contributed by atoms with Gasteiger partial charge in [-0.1, -0.05) is 32.4 Å². The van der Waals surface area contributed by atoms with Crippen LogP contribution in [0.2, 0.25) is 0 Å². The van der Waals surface area contributed by atoms with E-state index in [4.69, 9.17) is 4.74 Å². The summed E-state index contributed by atoms with van der Waals surface area (Å²) in [5.74, 6) is -3.64. The minimum atomic E-state index is -4.87. The highest BCUT2D eigenvalue weighted by Gasteiger charge is 2.34. The van der Waals surface area contributed by atoms with Crippen molar-refractivity contribution in [3.63, 3.8) is 0 Å². The van der Waals surface area contributed by atoms with Gasteiger partial charge in [-0.15, -0.1) is 10.2 Å². The molecule has 0 fully saturated rings. The van der Waals surface area contributed by atoms with Crippen LogP contribution in [0.3, 0.4) is 0 Å². The van der Waals surface area contributed by atoms with Gasteiger partial charge in [0.2, 0.25) is 5.95 Å². The fourth-order valence-corrected chi connectivity index (χ4v) is 6.40. The highest BCUT2D eigenvalue weighted by molar-refractivity contribution is 7.87. The molecular formula is C30H37F3N8O10S2. The Labute approximate surface area is 301 Å². The number of aromatic hydroxyl groups is 1. The number of nitrogens with zero attached hydrogens (tertiary/aromatic N) is 5. The number of anilines is 2. The number of halogens is 3. The van der Waals surface area contributed by atoms with Gasteiger partial charge < -0.3 is 32.6 Å². The number of azo groups is 1. The van der Waals surface area contributed by atoms with Crippen molar-refractivity contribution in [3.8, 4) is 11.8 Å². The number of aromatic nitrogens is 3. The number of methoxy groups -OCH3 is 1. The molecule has 0 aliphatic rings. The molecule has 0 saturated carbocycles. The number of benzene rings is 3. The number of rotatable bonds is 14. The molecule has 4 rings (SSSR count). The summed E-state index contributed by atoms with van der Waals surface area (Å²) in [5.41, 5.74) is -3.09.